The van der Waals surface area contributed by atoms with Crippen LogP contribution in [-0.4, -0.2) is 47.7 Å². The van der Waals surface area contributed by atoms with Crippen molar-refractivity contribution >= 4 is 23.1 Å². The van der Waals surface area contributed by atoms with Gasteiger partial charge in [-0.25, -0.2) is 0 Å². The van der Waals surface area contributed by atoms with Gasteiger partial charge >= 0.3 is 0 Å². The Kier molecular flexibility index (Phi) is 3.81. The van der Waals surface area contributed by atoms with Crippen LogP contribution in [0.1, 0.15) is 36.8 Å². The molecule has 5 nitrogen and oxygen atoms in total. The summed E-state index contributed by atoms with van der Waals surface area (Å²) in [6, 6.07) is 5.43. The monoisotopic (exact) mass is 360 g/mol. The number of likely N-dealkylation sites (N-methyl/N-ethyl adjacent to an activating group) is 1. The number of ether oxygens (including phenoxy) is 1. The summed E-state index contributed by atoms with van der Waals surface area (Å²) in [6.45, 7) is 0.302. The summed E-state index contributed by atoms with van der Waals surface area (Å²) < 4.78 is 5.55. The number of phenolic OH excluding ortho intramolecular Hbond substituents is 1. The van der Waals surface area contributed by atoms with Crippen molar-refractivity contribution in [3.63, 3.8) is 0 Å². The zero-order chi connectivity index (χ0) is 17.8. The third kappa shape index (κ3) is 2.23. The second-order valence-corrected chi connectivity index (χ2v) is 8.08. The van der Waals surface area contributed by atoms with E-state index >= 15 is 0 Å². The van der Waals surface area contributed by atoms with Crippen molar-refractivity contribution in [1.82, 2.24) is 10.2 Å². The molecule has 0 radical (unpaired) electrons. The Hall–Kier alpha value is -1.66. The Morgan fingerprint density at radius 3 is 2.76 bits per heavy atom. The fraction of sp³-hybridized carbons (Fsp3) is 0.579. The predicted molar refractivity (Wildman–Crippen MR) is 98.6 cm³/mol. The van der Waals surface area contributed by atoms with Crippen molar-refractivity contribution in [2.75, 3.05) is 20.7 Å². The van der Waals surface area contributed by atoms with E-state index in [0.29, 0.717) is 11.7 Å². The number of thiocarbonyl (C=S) groups is 1. The third-order valence-corrected chi connectivity index (χ3v) is 6.90. The van der Waals surface area contributed by atoms with Gasteiger partial charge in [0.1, 0.15) is 11.3 Å². The van der Waals surface area contributed by atoms with Crippen LogP contribution >= 0.6 is 12.2 Å². The van der Waals surface area contributed by atoms with E-state index in [4.69, 9.17) is 17.0 Å². The highest BCUT2D eigenvalue weighted by Crippen LogP contribution is 2.59. The van der Waals surface area contributed by atoms with Gasteiger partial charge in [-0.1, -0.05) is 6.07 Å². The fourth-order valence-corrected chi connectivity index (χ4v) is 5.38. The summed E-state index contributed by atoms with van der Waals surface area (Å²) in [5.41, 5.74) is 1.01. The van der Waals surface area contributed by atoms with Gasteiger partial charge in [0.25, 0.3) is 0 Å². The lowest BCUT2D eigenvalue weighted by Gasteiger charge is -2.52. The number of ketones is 1. The lowest BCUT2D eigenvalue weighted by molar-refractivity contribution is -0.135. The number of nitrogens with zero attached hydrogens (tertiary/aromatic N) is 1. The average Bonchev–Trinajstić information content (AvgIpc) is 2.84. The number of hydrogen-bond donors (Lipinski definition) is 2. The molecule has 3 aliphatic rings. The molecule has 1 saturated carbocycles. The van der Waals surface area contributed by atoms with Crippen molar-refractivity contribution in [3.8, 4) is 5.75 Å². The summed E-state index contributed by atoms with van der Waals surface area (Å²) in [5.74, 6) is 0.337. The molecule has 4 rings (SSSR count). The molecule has 1 heterocycles. The van der Waals surface area contributed by atoms with Gasteiger partial charge in [-0.05, 0) is 67.6 Å². The van der Waals surface area contributed by atoms with Gasteiger partial charge in [-0.3, -0.25) is 4.79 Å². The van der Waals surface area contributed by atoms with Gasteiger partial charge in [0.2, 0.25) is 0 Å². The van der Waals surface area contributed by atoms with Gasteiger partial charge in [-0.15, -0.1) is 0 Å². The minimum absolute atomic E-state index is 0.142. The molecule has 1 aliphatic heterocycles. The molecule has 1 atom stereocenters. The van der Waals surface area contributed by atoms with Crippen LogP contribution in [0.5, 0.6) is 5.75 Å². The molecule has 1 unspecified atom stereocenters. The van der Waals surface area contributed by atoms with E-state index in [-0.39, 0.29) is 23.1 Å². The van der Waals surface area contributed by atoms with E-state index in [1.54, 1.807) is 24.1 Å². The first-order valence-corrected chi connectivity index (χ1v) is 9.24. The van der Waals surface area contributed by atoms with Gasteiger partial charge in [0.05, 0.1) is 12.6 Å². The molecular formula is C19H24N2O3S. The topological polar surface area (TPSA) is 61.8 Å². The Labute approximate surface area is 153 Å². The maximum absolute atomic E-state index is 13.4. The Balaban J connectivity index is 1.85. The normalized spacial score (nSPS) is 34.5. The second kappa shape index (κ2) is 5.68. The zero-order valence-corrected chi connectivity index (χ0v) is 15.5. The summed E-state index contributed by atoms with van der Waals surface area (Å²) in [7, 11) is 3.60. The van der Waals surface area contributed by atoms with Gasteiger partial charge in [0.15, 0.2) is 10.9 Å². The number of rotatable bonds is 1. The van der Waals surface area contributed by atoms with E-state index in [1.165, 1.54) is 0 Å². The molecule has 1 aromatic carbocycles. The predicted octanol–water partition coefficient (Wildman–Crippen LogP) is 2.11. The standard InChI is InChI=1S/C19H24N2O3S/c1-21-11-16(23)19(20-17(21)25)15-9-13(22)4-3-12(15)10-18(19)7-5-14(24-2)6-8-18/h3-4,9,14,22H,5-8,10-11H2,1-2H3,(H,20,25). The van der Waals surface area contributed by atoms with Crippen LogP contribution in [0.25, 0.3) is 0 Å². The van der Waals surface area contributed by atoms with E-state index in [1.807, 2.05) is 13.1 Å². The molecule has 2 spiro atoms. The molecular weight excluding hydrogens is 336 g/mol. The smallest absolute Gasteiger partial charge is 0.182 e. The lowest BCUT2D eigenvalue weighted by atomic mass is 9.59. The minimum Gasteiger partial charge on any atom is -0.508 e. The first kappa shape index (κ1) is 16.8. The zero-order valence-electron chi connectivity index (χ0n) is 14.7. The Bertz CT molecular complexity index is 742. The van der Waals surface area contributed by atoms with Crippen LogP contribution in [0.4, 0.5) is 0 Å². The first-order chi connectivity index (χ1) is 11.9. The highest BCUT2D eigenvalue weighted by Gasteiger charge is 2.64. The number of fused-ring (bicyclic) bond motifs is 3. The highest BCUT2D eigenvalue weighted by molar-refractivity contribution is 7.80. The maximum Gasteiger partial charge on any atom is 0.182 e. The molecule has 6 heteroatoms. The van der Waals surface area contributed by atoms with Crippen molar-refractivity contribution in [3.05, 3.63) is 29.3 Å². The Morgan fingerprint density at radius 1 is 1.36 bits per heavy atom. The molecule has 2 aliphatic carbocycles. The molecule has 2 fully saturated rings. The molecule has 0 bridgehead atoms. The van der Waals surface area contributed by atoms with Crippen LogP contribution in [-0.2, 0) is 21.5 Å². The van der Waals surface area contributed by atoms with Crippen LogP contribution in [0.15, 0.2) is 18.2 Å². The van der Waals surface area contributed by atoms with Crippen molar-refractivity contribution in [2.24, 2.45) is 5.41 Å². The molecule has 1 saturated heterocycles. The summed E-state index contributed by atoms with van der Waals surface area (Å²) >= 11 is 5.53. The summed E-state index contributed by atoms with van der Waals surface area (Å²) in [4.78, 5) is 15.2. The number of methoxy groups -OCH3 is 1. The molecule has 0 amide bonds. The number of carbonyl (C=O) groups is 1. The quantitative estimate of drug-likeness (QED) is 0.748. The first-order valence-electron chi connectivity index (χ1n) is 8.84. The second-order valence-electron chi connectivity index (χ2n) is 7.69. The minimum atomic E-state index is -0.830. The van der Waals surface area contributed by atoms with Crippen molar-refractivity contribution in [1.29, 1.82) is 0 Å². The summed E-state index contributed by atoms with van der Waals surface area (Å²) in [5, 5.41) is 14.1. The number of Topliss-reactive ketones (excluding diaryl/α,β-unsaturated/α-hetero) is 1. The maximum atomic E-state index is 13.4. The van der Waals surface area contributed by atoms with Crippen molar-refractivity contribution in [2.45, 2.75) is 43.7 Å². The third-order valence-electron chi connectivity index (χ3n) is 6.49. The average molecular weight is 360 g/mol. The van der Waals surface area contributed by atoms with E-state index in [2.05, 4.69) is 5.32 Å². The SMILES string of the molecule is COC1CCC2(CC1)Cc1ccc(O)cc1C21NC(=S)N(C)CC1=O. The van der Waals surface area contributed by atoms with E-state index < -0.39 is 5.54 Å². The van der Waals surface area contributed by atoms with Crippen LogP contribution in [0.2, 0.25) is 0 Å². The molecule has 134 valence electrons. The number of phenols is 1. The number of nitrogens with one attached hydrogen (secondary N) is 1. The number of aromatic hydroxyl groups is 1. The lowest BCUT2D eigenvalue weighted by Crippen LogP contribution is -2.68. The van der Waals surface area contributed by atoms with Crippen LogP contribution in [0, 0.1) is 5.41 Å². The van der Waals surface area contributed by atoms with Gasteiger partial charge < -0.3 is 20.1 Å². The molecule has 0 aromatic heterocycles. The van der Waals surface area contributed by atoms with Gasteiger partial charge in [0, 0.05) is 19.6 Å². The van der Waals surface area contributed by atoms with Crippen LogP contribution in [0.3, 0.4) is 0 Å². The Morgan fingerprint density at radius 2 is 2.08 bits per heavy atom. The van der Waals surface area contributed by atoms with E-state index in [0.717, 1.165) is 43.2 Å². The van der Waals surface area contributed by atoms with Gasteiger partial charge in [-0.2, -0.15) is 0 Å². The molecule has 25 heavy (non-hydrogen) atoms. The number of hydrogen-bond acceptors (Lipinski definition) is 4. The van der Waals surface area contributed by atoms with E-state index in [9.17, 15) is 9.90 Å². The van der Waals surface area contributed by atoms with Crippen molar-refractivity contribution < 1.29 is 14.6 Å². The number of benzene rings is 1. The largest absolute Gasteiger partial charge is 0.508 e. The van der Waals surface area contributed by atoms with Crippen LogP contribution < -0.4 is 5.32 Å². The molecule has 1 aromatic rings. The number of carbonyl (C=O) groups excluding carboxylic acids is 1. The summed E-state index contributed by atoms with van der Waals surface area (Å²) in [6.07, 6.45) is 4.79. The fourth-order valence-electron chi connectivity index (χ4n) is 5.16. The highest BCUT2D eigenvalue weighted by atomic mass is 32.1. The molecule has 2 N–H and O–H groups in total.